The third kappa shape index (κ3) is 5.76. The molecule has 0 aliphatic rings. The first kappa shape index (κ1) is 9.63. The molecule has 1 atom stereocenters. The van der Waals surface area contributed by atoms with Gasteiger partial charge in [0.1, 0.15) is 6.67 Å². The van der Waals surface area contributed by atoms with Gasteiger partial charge in [0.25, 0.3) is 0 Å². The van der Waals surface area contributed by atoms with Crippen molar-refractivity contribution in [1.29, 1.82) is 0 Å². The van der Waals surface area contributed by atoms with Gasteiger partial charge in [-0.15, -0.1) is 6.58 Å². The number of aliphatic hydroxyl groups excluding tert-OH is 1. The zero-order valence-electron chi connectivity index (χ0n) is 6.22. The highest BCUT2D eigenvalue weighted by atomic mass is 19.1. The lowest BCUT2D eigenvalue weighted by Crippen LogP contribution is -2.07. The number of hydrogen-bond acceptors (Lipinski definition) is 1. The van der Waals surface area contributed by atoms with Crippen molar-refractivity contribution in [1.82, 2.24) is 0 Å². The van der Waals surface area contributed by atoms with Crippen LogP contribution in [-0.2, 0) is 0 Å². The predicted octanol–water partition coefficient (Wildman–Crippen LogP) is 2.06. The molecule has 1 N–H and O–H groups in total. The Morgan fingerprint density at radius 1 is 1.50 bits per heavy atom. The van der Waals surface area contributed by atoms with Crippen LogP contribution in [0.3, 0.4) is 0 Å². The first-order valence-corrected chi connectivity index (χ1v) is 3.66. The number of halogens is 1. The Bertz CT molecular complexity index is 83.3. The lowest BCUT2D eigenvalue weighted by Gasteiger charge is -2.03. The maximum Gasteiger partial charge on any atom is 0.115 e. The minimum Gasteiger partial charge on any atom is -0.390 e. The van der Waals surface area contributed by atoms with Crippen molar-refractivity contribution in [3.05, 3.63) is 12.7 Å². The zero-order chi connectivity index (χ0) is 7.82. The fourth-order valence-corrected chi connectivity index (χ4v) is 0.746. The normalized spacial score (nSPS) is 13.0. The van der Waals surface area contributed by atoms with Crippen LogP contribution >= 0.6 is 0 Å². The van der Waals surface area contributed by atoms with Gasteiger partial charge < -0.3 is 5.11 Å². The molecule has 0 aromatic heterocycles. The summed E-state index contributed by atoms with van der Waals surface area (Å²) in [7, 11) is 0. The van der Waals surface area contributed by atoms with E-state index in [0.29, 0.717) is 6.42 Å². The fraction of sp³-hybridized carbons (Fsp3) is 0.750. The molecule has 10 heavy (non-hydrogen) atoms. The van der Waals surface area contributed by atoms with Crippen LogP contribution in [-0.4, -0.2) is 17.9 Å². The van der Waals surface area contributed by atoms with Crippen LogP contribution in [0.4, 0.5) is 4.39 Å². The maximum absolute atomic E-state index is 11.6. The van der Waals surface area contributed by atoms with Gasteiger partial charge in [-0.05, 0) is 19.3 Å². The first-order chi connectivity index (χ1) is 4.81. The summed E-state index contributed by atoms with van der Waals surface area (Å²) < 4.78 is 11.6. The lowest BCUT2D eigenvalue weighted by atomic mass is 10.1. The van der Waals surface area contributed by atoms with Gasteiger partial charge in [-0.2, -0.15) is 0 Å². The zero-order valence-corrected chi connectivity index (χ0v) is 6.22. The molecule has 0 saturated carbocycles. The molecule has 0 spiro atoms. The molecule has 0 aliphatic carbocycles. The molecule has 0 saturated heterocycles. The van der Waals surface area contributed by atoms with Gasteiger partial charge in [0.2, 0.25) is 0 Å². The van der Waals surface area contributed by atoms with Crippen molar-refractivity contribution in [2.45, 2.75) is 31.8 Å². The molecule has 0 fully saturated rings. The Balaban J connectivity index is 2.95. The van der Waals surface area contributed by atoms with E-state index in [1.54, 1.807) is 0 Å². The van der Waals surface area contributed by atoms with Crippen molar-refractivity contribution in [3.8, 4) is 0 Å². The summed E-state index contributed by atoms with van der Waals surface area (Å²) in [5.41, 5.74) is 0. The molecule has 0 radical (unpaired) electrons. The molecule has 0 unspecified atom stereocenters. The van der Waals surface area contributed by atoms with E-state index in [2.05, 4.69) is 6.58 Å². The summed E-state index contributed by atoms with van der Waals surface area (Å²) in [6.07, 6.45) is 4.51. The second-order valence-corrected chi connectivity index (χ2v) is 2.38. The highest BCUT2D eigenvalue weighted by Crippen LogP contribution is 2.03. The largest absolute Gasteiger partial charge is 0.390 e. The van der Waals surface area contributed by atoms with Gasteiger partial charge >= 0.3 is 0 Å². The van der Waals surface area contributed by atoms with E-state index in [1.807, 2.05) is 6.08 Å². The van der Waals surface area contributed by atoms with Crippen LogP contribution in [0.25, 0.3) is 0 Å². The summed E-state index contributed by atoms with van der Waals surface area (Å²) in [4.78, 5) is 0. The first-order valence-electron chi connectivity index (χ1n) is 3.66. The second kappa shape index (κ2) is 6.75. The van der Waals surface area contributed by atoms with Gasteiger partial charge in [-0.3, -0.25) is 0 Å². The summed E-state index contributed by atoms with van der Waals surface area (Å²) >= 11 is 0. The summed E-state index contributed by atoms with van der Waals surface area (Å²) in [6, 6.07) is 0. The van der Waals surface area contributed by atoms with Gasteiger partial charge in [0.05, 0.1) is 6.10 Å². The van der Waals surface area contributed by atoms with Crippen LogP contribution in [0, 0.1) is 0 Å². The molecule has 0 aromatic rings. The predicted molar refractivity (Wildman–Crippen MR) is 40.6 cm³/mol. The van der Waals surface area contributed by atoms with Gasteiger partial charge in [-0.1, -0.05) is 12.5 Å². The minimum absolute atomic E-state index is 0.574. The quantitative estimate of drug-likeness (QED) is 0.449. The van der Waals surface area contributed by atoms with Crippen molar-refractivity contribution in [3.63, 3.8) is 0 Å². The van der Waals surface area contributed by atoms with E-state index in [0.717, 1.165) is 19.3 Å². The number of alkyl halides is 1. The Kier molecular flexibility index (Phi) is 6.50. The SMILES string of the molecule is C=CCCCC[C@@H](O)CF. The number of rotatable bonds is 6. The number of allylic oxidation sites excluding steroid dienone is 1. The topological polar surface area (TPSA) is 20.2 Å². The average molecular weight is 146 g/mol. The Morgan fingerprint density at radius 3 is 2.70 bits per heavy atom. The van der Waals surface area contributed by atoms with Gasteiger partial charge in [-0.25, -0.2) is 4.39 Å². The third-order valence-electron chi connectivity index (χ3n) is 1.37. The van der Waals surface area contributed by atoms with Crippen LogP contribution in [0.1, 0.15) is 25.7 Å². The smallest absolute Gasteiger partial charge is 0.115 e. The molecule has 0 bridgehead atoms. The highest BCUT2D eigenvalue weighted by molar-refractivity contribution is 4.66. The van der Waals surface area contributed by atoms with Crippen LogP contribution in [0.5, 0.6) is 0 Å². The molecule has 0 aliphatic heterocycles. The average Bonchev–Trinajstić information content (AvgIpc) is 1.98. The molecule has 1 nitrogen and oxygen atoms in total. The lowest BCUT2D eigenvalue weighted by molar-refractivity contribution is 0.128. The standard InChI is InChI=1S/C8H15FO/c1-2-3-4-5-6-8(10)7-9/h2,8,10H,1,3-7H2/t8-/m1/s1. The van der Waals surface area contributed by atoms with E-state index in [4.69, 9.17) is 5.11 Å². The molecular weight excluding hydrogens is 131 g/mol. The highest BCUT2D eigenvalue weighted by Gasteiger charge is 2.00. The van der Waals surface area contributed by atoms with Crippen molar-refractivity contribution in [2.24, 2.45) is 0 Å². The maximum atomic E-state index is 11.6. The van der Waals surface area contributed by atoms with Crippen LogP contribution in [0.2, 0.25) is 0 Å². The summed E-state index contributed by atoms with van der Waals surface area (Å²) in [5, 5.41) is 8.76. The minimum atomic E-state index is -0.746. The van der Waals surface area contributed by atoms with Crippen molar-refractivity contribution < 1.29 is 9.50 Å². The Morgan fingerprint density at radius 2 is 2.20 bits per heavy atom. The van der Waals surface area contributed by atoms with E-state index >= 15 is 0 Å². The van der Waals surface area contributed by atoms with Crippen molar-refractivity contribution >= 4 is 0 Å². The summed E-state index contributed by atoms with van der Waals surface area (Å²) in [5.74, 6) is 0. The molecule has 0 heterocycles. The third-order valence-corrected chi connectivity index (χ3v) is 1.37. The molecular formula is C8H15FO. The second-order valence-electron chi connectivity index (χ2n) is 2.38. The Hall–Kier alpha value is -0.370. The molecule has 60 valence electrons. The van der Waals surface area contributed by atoms with Crippen LogP contribution < -0.4 is 0 Å². The number of unbranched alkanes of at least 4 members (excludes halogenated alkanes) is 2. The molecule has 0 amide bonds. The number of aliphatic hydroxyl groups is 1. The van der Waals surface area contributed by atoms with E-state index < -0.39 is 12.8 Å². The van der Waals surface area contributed by atoms with E-state index in [-0.39, 0.29) is 0 Å². The number of hydrogen-bond donors (Lipinski definition) is 1. The van der Waals surface area contributed by atoms with E-state index in [1.165, 1.54) is 0 Å². The Labute approximate surface area is 61.6 Å². The molecule has 0 rings (SSSR count). The van der Waals surface area contributed by atoms with Gasteiger partial charge in [0.15, 0.2) is 0 Å². The monoisotopic (exact) mass is 146 g/mol. The van der Waals surface area contributed by atoms with E-state index in [9.17, 15) is 4.39 Å². The molecule has 2 heteroatoms. The van der Waals surface area contributed by atoms with Crippen LogP contribution in [0.15, 0.2) is 12.7 Å². The summed E-state index contributed by atoms with van der Waals surface area (Å²) in [6.45, 7) is 2.94. The van der Waals surface area contributed by atoms with Gasteiger partial charge in [0, 0.05) is 0 Å². The molecule has 0 aromatic carbocycles. The fourth-order valence-electron chi connectivity index (χ4n) is 0.746. The van der Waals surface area contributed by atoms with Crippen molar-refractivity contribution in [2.75, 3.05) is 6.67 Å².